The topological polar surface area (TPSA) is 81.5 Å². The highest BCUT2D eigenvalue weighted by atomic mass is 19.1. The summed E-state index contributed by atoms with van der Waals surface area (Å²) in [6, 6.07) is 9.20. The molecule has 0 aromatic heterocycles. The van der Waals surface area contributed by atoms with Crippen molar-refractivity contribution in [1.29, 1.82) is 0 Å². The van der Waals surface area contributed by atoms with Crippen LogP contribution in [0.15, 0.2) is 42.5 Å². The number of carbonyl (C=O) groups is 1. The van der Waals surface area contributed by atoms with Crippen molar-refractivity contribution in [1.82, 2.24) is 5.32 Å². The molecule has 2 aromatic rings. The summed E-state index contributed by atoms with van der Waals surface area (Å²) in [6.07, 6.45) is -0.625. The molecule has 6 nitrogen and oxygen atoms in total. The lowest BCUT2D eigenvalue weighted by molar-refractivity contribution is -0.384. The first kappa shape index (κ1) is 14.4. The van der Waals surface area contributed by atoms with Gasteiger partial charge in [0.05, 0.1) is 10.5 Å². The van der Waals surface area contributed by atoms with Gasteiger partial charge in [0.2, 0.25) is 0 Å². The van der Waals surface area contributed by atoms with Crippen LogP contribution in [0.4, 0.5) is 14.9 Å². The number of carbonyl (C=O) groups excluding carboxylic acids is 1. The summed E-state index contributed by atoms with van der Waals surface area (Å²) in [5, 5.41) is 13.3. The highest BCUT2D eigenvalue weighted by molar-refractivity contribution is 5.75. The molecule has 0 spiro atoms. The maximum atomic E-state index is 13.3. The normalized spacial score (nSPS) is 10.0. The Labute approximate surface area is 119 Å². The summed E-state index contributed by atoms with van der Waals surface area (Å²) < 4.78 is 18.2. The van der Waals surface area contributed by atoms with E-state index in [0.29, 0.717) is 5.56 Å². The van der Waals surface area contributed by atoms with Gasteiger partial charge in [-0.3, -0.25) is 10.1 Å². The number of nitro benzene ring substituents is 1. The van der Waals surface area contributed by atoms with Crippen LogP contribution in [0, 0.1) is 15.9 Å². The van der Waals surface area contributed by atoms with Gasteiger partial charge in [0.25, 0.3) is 5.69 Å². The number of nitrogens with one attached hydrogen (secondary N) is 1. The zero-order chi connectivity index (χ0) is 15.4. The lowest BCUT2D eigenvalue weighted by Gasteiger charge is -2.06. The molecule has 0 saturated carbocycles. The van der Waals surface area contributed by atoms with E-state index < -0.39 is 16.8 Å². The molecule has 0 aliphatic carbocycles. The van der Waals surface area contributed by atoms with Crippen LogP contribution >= 0.6 is 0 Å². The number of benzene rings is 2. The molecule has 7 heteroatoms. The molecule has 21 heavy (non-hydrogen) atoms. The molecule has 2 rings (SSSR count). The molecule has 0 aliphatic rings. The van der Waals surface area contributed by atoms with E-state index in [1.807, 2.05) is 0 Å². The molecular formula is C14H11FN2O4. The summed E-state index contributed by atoms with van der Waals surface area (Å²) in [6.45, 7) is 0. The van der Waals surface area contributed by atoms with Crippen molar-refractivity contribution in [3.63, 3.8) is 0 Å². The zero-order valence-electron chi connectivity index (χ0n) is 11.0. The van der Waals surface area contributed by atoms with Gasteiger partial charge in [-0.1, -0.05) is 12.1 Å². The maximum Gasteiger partial charge on any atom is 0.412 e. The van der Waals surface area contributed by atoms with Gasteiger partial charge < -0.3 is 10.1 Å². The summed E-state index contributed by atoms with van der Waals surface area (Å²) in [4.78, 5) is 21.4. The molecular weight excluding hydrogens is 279 g/mol. The highest BCUT2D eigenvalue weighted by Crippen LogP contribution is 2.31. The fraction of sp³-hybridized carbons (Fsp3) is 0.0714. The van der Waals surface area contributed by atoms with Crippen molar-refractivity contribution in [2.45, 2.75) is 0 Å². The molecule has 0 unspecified atom stereocenters. The number of ether oxygens (including phenoxy) is 1. The maximum absolute atomic E-state index is 13.3. The third kappa shape index (κ3) is 3.33. The first-order valence-electron chi connectivity index (χ1n) is 5.95. The molecule has 108 valence electrons. The first-order chi connectivity index (χ1) is 10.0. The summed E-state index contributed by atoms with van der Waals surface area (Å²) >= 11 is 0. The Morgan fingerprint density at radius 2 is 1.90 bits per heavy atom. The summed E-state index contributed by atoms with van der Waals surface area (Å²) in [5.41, 5.74) is 0.410. The Balaban J connectivity index is 2.36. The van der Waals surface area contributed by atoms with Gasteiger partial charge in [-0.2, -0.15) is 0 Å². The zero-order valence-corrected chi connectivity index (χ0v) is 11.0. The Morgan fingerprint density at radius 3 is 2.48 bits per heavy atom. The Hall–Kier alpha value is -2.96. The molecule has 0 aliphatic heterocycles. The van der Waals surface area contributed by atoms with Crippen LogP contribution in [0.2, 0.25) is 0 Å². The molecule has 0 saturated heterocycles. The van der Waals surface area contributed by atoms with Gasteiger partial charge in [0, 0.05) is 13.1 Å². The Kier molecular flexibility index (Phi) is 4.13. The number of hydrogen-bond acceptors (Lipinski definition) is 4. The second kappa shape index (κ2) is 6.00. The number of nitrogens with zero attached hydrogens (tertiary/aromatic N) is 1. The van der Waals surface area contributed by atoms with Crippen LogP contribution < -0.4 is 10.1 Å². The van der Waals surface area contributed by atoms with Crippen molar-refractivity contribution in [2.24, 2.45) is 0 Å². The largest absolute Gasteiger partial charge is 0.412 e. The second-order valence-corrected chi connectivity index (χ2v) is 4.08. The molecule has 0 radical (unpaired) electrons. The molecule has 1 amide bonds. The summed E-state index contributed by atoms with van der Waals surface area (Å²) in [5.74, 6) is -0.293. The molecule has 0 bridgehead atoms. The summed E-state index contributed by atoms with van der Waals surface area (Å²) in [7, 11) is 1.42. The molecule has 0 fully saturated rings. The van der Waals surface area contributed by atoms with E-state index in [1.165, 1.54) is 31.3 Å². The minimum atomic E-state index is -0.625. The van der Waals surface area contributed by atoms with Crippen LogP contribution in [0.5, 0.6) is 5.75 Å². The SMILES string of the molecule is CNC(=O)Oc1ccc(-c2cc(F)ccc2[N+](=O)[O-])cc1. The minimum Gasteiger partial charge on any atom is -0.410 e. The lowest BCUT2D eigenvalue weighted by atomic mass is 10.0. The lowest BCUT2D eigenvalue weighted by Crippen LogP contribution is -2.21. The molecule has 2 aromatic carbocycles. The Morgan fingerprint density at radius 1 is 1.24 bits per heavy atom. The van der Waals surface area contributed by atoms with Crippen molar-refractivity contribution in [2.75, 3.05) is 7.05 Å². The van der Waals surface area contributed by atoms with E-state index in [1.54, 1.807) is 0 Å². The third-order valence-corrected chi connectivity index (χ3v) is 2.74. The predicted molar refractivity (Wildman–Crippen MR) is 73.6 cm³/mol. The first-order valence-corrected chi connectivity index (χ1v) is 5.95. The Bertz CT molecular complexity index is 686. The van der Waals surface area contributed by atoms with Gasteiger partial charge in [0.1, 0.15) is 11.6 Å². The van der Waals surface area contributed by atoms with Gasteiger partial charge >= 0.3 is 6.09 Å². The van der Waals surface area contributed by atoms with E-state index in [4.69, 9.17) is 4.74 Å². The van der Waals surface area contributed by atoms with Gasteiger partial charge in [-0.25, -0.2) is 9.18 Å². The van der Waals surface area contributed by atoms with Gasteiger partial charge in [-0.15, -0.1) is 0 Å². The minimum absolute atomic E-state index is 0.159. The number of nitro groups is 1. The average Bonchev–Trinajstić information content (AvgIpc) is 2.47. The van der Waals surface area contributed by atoms with Gasteiger partial charge in [-0.05, 0) is 29.8 Å². The highest BCUT2D eigenvalue weighted by Gasteiger charge is 2.16. The van der Waals surface area contributed by atoms with Crippen LogP contribution in [0.3, 0.4) is 0 Å². The van der Waals surface area contributed by atoms with E-state index in [0.717, 1.165) is 18.2 Å². The number of rotatable bonds is 3. The predicted octanol–water partition coefficient (Wildman–Crippen LogP) is 3.12. The average molecular weight is 290 g/mol. The number of amides is 1. The molecule has 0 heterocycles. The number of halogens is 1. The third-order valence-electron chi connectivity index (χ3n) is 2.74. The van der Waals surface area contributed by atoms with Crippen molar-refractivity contribution in [3.8, 4) is 16.9 Å². The molecule has 0 atom stereocenters. The number of hydrogen-bond donors (Lipinski definition) is 1. The fourth-order valence-electron chi connectivity index (χ4n) is 1.76. The fourth-order valence-corrected chi connectivity index (χ4v) is 1.76. The van der Waals surface area contributed by atoms with E-state index >= 15 is 0 Å². The van der Waals surface area contributed by atoms with E-state index in [9.17, 15) is 19.3 Å². The van der Waals surface area contributed by atoms with Crippen molar-refractivity contribution >= 4 is 11.8 Å². The second-order valence-electron chi connectivity index (χ2n) is 4.08. The van der Waals surface area contributed by atoms with Crippen LogP contribution in [0.25, 0.3) is 11.1 Å². The monoisotopic (exact) mass is 290 g/mol. The standard InChI is InChI=1S/C14H11FN2O4/c1-16-14(18)21-11-5-2-9(3-6-11)12-8-10(15)4-7-13(12)17(19)20/h2-8H,1H3,(H,16,18). The van der Waals surface area contributed by atoms with Crippen LogP contribution in [-0.4, -0.2) is 18.1 Å². The van der Waals surface area contributed by atoms with Crippen LogP contribution in [0.1, 0.15) is 0 Å². The smallest absolute Gasteiger partial charge is 0.410 e. The molecule has 1 N–H and O–H groups in total. The van der Waals surface area contributed by atoms with Crippen molar-refractivity contribution in [3.05, 3.63) is 58.4 Å². The van der Waals surface area contributed by atoms with Crippen LogP contribution in [-0.2, 0) is 0 Å². The van der Waals surface area contributed by atoms with Gasteiger partial charge in [0.15, 0.2) is 0 Å². The van der Waals surface area contributed by atoms with E-state index in [-0.39, 0.29) is 17.0 Å². The van der Waals surface area contributed by atoms with Crippen molar-refractivity contribution < 1.29 is 18.8 Å². The van der Waals surface area contributed by atoms with E-state index in [2.05, 4.69) is 5.32 Å². The quantitative estimate of drug-likeness (QED) is 0.695.